The Kier molecular flexibility index (Phi) is 8.89. The van der Waals surface area contributed by atoms with Gasteiger partial charge in [-0.3, -0.25) is 14.4 Å². The minimum Gasteiger partial charge on any atom is -0.496 e. The Morgan fingerprint density at radius 3 is 2.46 bits per heavy atom. The molecule has 0 aromatic heterocycles. The van der Waals surface area contributed by atoms with E-state index in [1.165, 1.54) is 7.11 Å². The molecule has 1 aromatic carbocycles. The highest BCUT2D eigenvalue weighted by Crippen LogP contribution is 2.43. The van der Waals surface area contributed by atoms with Crippen LogP contribution in [0.25, 0.3) is 0 Å². The second-order valence-corrected chi connectivity index (χ2v) is 8.96. The molecule has 0 unspecified atom stereocenters. The average Bonchev–Trinajstić information content (AvgIpc) is 3.49. The van der Waals surface area contributed by atoms with Crippen LogP contribution in [-0.4, -0.2) is 54.0 Å². The van der Waals surface area contributed by atoms with Gasteiger partial charge in [-0.05, 0) is 51.5 Å². The zero-order valence-corrected chi connectivity index (χ0v) is 20.6. The van der Waals surface area contributed by atoms with Crippen molar-refractivity contribution in [3.63, 3.8) is 0 Å². The first kappa shape index (κ1) is 26.2. The van der Waals surface area contributed by atoms with Crippen LogP contribution in [0.15, 0.2) is 11.6 Å². The van der Waals surface area contributed by atoms with Gasteiger partial charge in [0.05, 0.1) is 7.11 Å². The van der Waals surface area contributed by atoms with E-state index in [-0.39, 0.29) is 49.5 Å². The number of amides is 1. The lowest BCUT2D eigenvalue weighted by molar-refractivity contribution is -0.137. The van der Waals surface area contributed by atoms with Crippen molar-refractivity contribution in [2.75, 3.05) is 20.2 Å². The molecule has 1 fully saturated rings. The van der Waals surface area contributed by atoms with Crippen molar-refractivity contribution in [3.05, 3.63) is 33.9 Å². The number of benzene rings is 1. The number of carbonyl (C=O) groups is 4. The van der Waals surface area contributed by atoms with Gasteiger partial charge in [0.2, 0.25) is 5.91 Å². The van der Waals surface area contributed by atoms with Gasteiger partial charge in [-0.15, -0.1) is 0 Å². The summed E-state index contributed by atoms with van der Waals surface area (Å²) in [5.74, 6) is -1.34. The van der Waals surface area contributed by atoms with E-state index in [1.54, 1.807) is 0 Å². The molecule has 9 heteroatoms. The van der Waals surface area contributed by atoms with E-state index in [4.69, 9.17) is 19.3 Å². The highest BCUT2D eigenvalue weighted by atomic mass is 16.6. The lowest BCUT2D eigenvalue weighted by Gasteiger charge is -2.19. The molecule has 2 aliphatic heterocycles. The predicted octanol–water partition coefficient (Wildman–Crippen LogP) is 3.73. The first-order valence-corrected chi connectivity index (χ1v) is 12.0. The van der Waals surface area contributed by atoms with Gasteiger partial charge in [0, 0.05) is 43.5 Å². The SMILES string of the molecule is COc1c(C)c2c(c(OC(=O)CCCC(=O)N3CCCC3)c1CC=C(C)CCC(=O)O)C(=O)OC2. The van der Waals surface area contributed by atoms with E-state index in [1.807, 2.05) is 24.8 Å². The van der Waals surface area contributed by atoms with Crippen molar-refractivity contribution in [2.45, 2.75) is 71.8 Å². The van der Waals surface area contributed by atoms with Crippen LogP contribution in [0.1, 0.15) is 78.9 Å². The summed E-state index contributed by atoms with van der Waals surface area (Å²) in [6.07, 6.45) is 5.20. The highest BCUT2D eigenvalue weighted by molar-refractivity contribution is 5.99. The van der Waals surface area contributed by atoms with Gasteiger partial charge in [-0.1, -0.05) is 11.6 Å². The molecular formula is C26H33NO8. The number of aliphatic carboxylic acids is 1. The maximum Gasteiger partial charge on any atom is 0.342 e. The van der Waals surface area contributed by atoms with Gasteiger partial charge in [0.25, 0.3) is 0 Å². The molecule has 1 N–H and O–H groups in total. The number of fused-ring (bicyclic) bond motifs is 1. The van der Waals surface area contributed by atoms with E-state index in [0.29, 0.717) is 29.7 Å². The van der Waals surface area contributed by atoms with Crippen LogP contribution in [0.4, 0.5) is 0 Å². The molecule has 35 heavy (non-hydrogen) atoms. The lowest BCUT2D eigenvalue weighted by atomic mass is 9.94. The summed E-state index contributed by atoms with van der Waals surface area (Å²) >= 11 is 0. The third kappa shape index (κ3) is 6.41. The van der Waals surface area contributed by atoms with E-state index in [0.717, 1.165) is 37.1 Å². The topological polar surface area (TPSA) is 119 Å². The number of nitrogens with zero attached hydrogens (tertiary/aromatic N) is 1. The zero-order chi connectivity index (χ0) is 25.5. The maximum atomic E-state index is 12.8. The molecule has 0 bridgehead atoms. The molecule has 9 nitrogen and oxygen atoms in total. The van der Waals surface area contributed by atoms with Gasteiger partial charge in [0.15, 0.2) is 5.75 Å². The molecule has 190 valence electrons. The monoisotopic (exact) mass is 487 g/mol. The summed E-state index contributed by atoms with van der Waals surface area (Å²) in [6.45, 7) is 5.25. The number of hydrogen-bond acceptors (Lipinski definition) is 7. The van der Waals surface area contributed by atoms with Crippen LogP contribution in [0, 0.1) is 6.92 Å². The maximum absolute atomic E-state index is 12.8. The normalized spacial score (nSPS) is 15.1. The second-order valence-electron chi connectivity index (χ2n) is 8.96. The number of rotatable bonds is 11. The van der Waals surface area contributed by atoms with Gasteiger partial charge in [0.1, 0.15) is 17.9 Å². The Balaban J connectivity index is 1.81. The molecule has 0 atom stereocenters. The molecule has 1 saturated heterocycles. The Morgan fingerprint density at radius 1 is 1.09 bits per heavy atom. The van der Waals surface area contributed by atoms with Crippen LogP contribution >= 0.6 is 0 Å². The standard InChI is InChI=1S/C26H33NO8/c1-16(10-12-21(29)30)9-11-18-24(33-3)17(2)19-15-34-26(32)23(19)25(18)35-22(31)8-6-7-20(28)27-13-4-5-14-27/h9H,4-8,10-15H2,1-3H3,(H,29,30). The molecule has 2 aliphatic rings. The van der Waals surface area contributed by atoms with Crippen LogP contribution in [0.5, 0.6) is 11.5 Å². The first-order chi connectivity index (χ1) is 16.7. The van der Waals surface area contributed by atoms with Crippen molar-refractivity contribution in [1.82, 2.24) is 4.90 Å². The molecule has 2 heterocycles. The molecule has 3 rings (SSSR count). The number of methoxy groups -OCH3 is 1. The zero-order valence-electron chi connectivity index (χ0n) is 20.6. The summed E-state index contributed by atoms with van der Waals surface area (Å²) in [7, 11) is 1.51. The number of carbonyl (C=O) groups excluding carboxylic acids is 3. The molecule has 0 aliphatic carbocycles. The fourth-order valence-electron chi connectivity index (χ4n) is 4.48. The largest absolute Gasteiger partial charge is 0.496 e. The van der Waals surface area contributed by atoms with Crippen LogP contribution < -0.4 is 9.47 Å². The first-order valence-electron chi connectivity index (χ1n) is 12.0. The Labute approximate surface area is 205 Å². The van der Waals surface area contributed by atoms with Crippen LogP contribution in [-0.2, 0) is 32.1 Å². The molecule has 0 spiro atoms. The molecule has 1 aromatic rings. The van der Waals surface area contributed by atoms with Gasteiger partial charge in [-0.25, -0.2) is 4.79 Å². The number of allylic oxidation sites excluding steroid dienone is 2. The van der Waals surface area contributed by atoms with E-state index < -0.39 is 17.9 Å². The van der Waals surface area contributed by atoms with E-state index >= 15 is 0 Å². The number of cyclic esters (lactones) is 1. The average molecular weight is 488 g/mol. The van der Waals surface area contributed by atoms with Crippen molar-refractivity contribution in [3.8, 4) is 11.5 Å². The number of carboxylic acid groups (broad SMARTS) is 1. The summed E-state index contributed by atoms with van der Waals surface area (Å²) in [5.41, 5.74) is 2.95. The Morgan fingerprint density at radius 2 is 1.80 bits per heavy atom. The minimum absolute atomic E-state index is 0.00695. The number of ether oxygens (including phenoxy) is 3. The molecule has 0 saturated carbocycles. The summed E-state index contributed by atoms with van der Waals surface area (Å²) in [5, 5.41) is 8.93. The lowest BCUT2D eigenvalue weighted by Crippen LogP contribution is -2.27. The third-order valence-corrected chi connectivity index (χ3v) is 6.46. The molecule has 0 radical (unpaired) electrons. The van der Waals surface area contributed by atoms with Crippen molar-refractivity contribution >= 4 is 23.8 Å². The Hall–Kier alpha value is -3.36. The van der Waals surface area contributed by atoms with Crippen molar-refractivity contribution in [2.24, 2.45) is 0 Å². The van der Waals surface area contributed by atoms with Gasteiger partial charge in [-0.2, -0.15) is 0 Å². The second kappa shape index (κ2) is 11.9. The fraction of sp³-hybridized carbons (Fsp3) is 0.538. The summed E-state index contributed by atoms with van der Waals surface area (Å²) in [4.78, 5) is 50.3. The fourth-order valence-corrected chi connectivity index (χ4v) is 4.48. The van der Waals surface area contributed by atoms with Gasteiger partial charge < -0.3 is 24.2 Å². The number of carboxylic acids is 1. The van der Waals surface area contributed by atoms with Crippen LogP contribution in [0.2, 0.25) is 0 Å². The quantitative estimate of drug-likeness (QED) is 0.285. The highest BCUT2D eigenvalue weighted by Gasteiger charge is 2.34. The number of hydrogen-bond donors (Lipinski definition) is 1. The summed E-state index contributed by atoms with van der Waals surface area (Å²) in [6, 6.07) is 0. The number of esters is 2. The minimum atomic E-state index is -0.885. The Bertz CT molecular complexity index is 1040. The molecule has 1 amide bonds. The smallest absolute Gasteiger partial charge is 0.342 e. The predicted molar refractivity (Wildman–Crippen MR) is 126 cm³/mol. The third-order valence-electron chi connectivity index (χ3n) is 6.46. The van der Waals surface area contributed by atoms with Crippen LogP contribution in [0.3, 0.4) is 0 Å². The number of likely N-dealkylation sites (tertiary alicyclic amines) is 1. The van der Waals surface area contributed by atoms with Crippen molar-refractivity contribution in [1.29, 1.82) is 0 Å². The van der Waals surface area contributed by atoms with Crippen molar-refractivity contribution < 1.29 is 38.5 Å². The van der Waals surface area contributed by atoms with Gasteiger partial charge >= 0.3 is 17.9 Å². The van der Waals surface area contributed by atoms with E-state index in [9.17, 15) is 19.2 Å². The molecular weight excluding hydrogens is 454 g/mol. The summed E-state index contributed by atoms with van der Waals surface area (Å²) < 4.78 is 16.6. The van der Waals surface area contributed by atoms with E-state index in [2.05, 4.69) is 0 Å².